The molecule has 1 aromatic rings. The van der Waals surface area contributed by atoms with Crippen molar-refractivity contribution in [3.05, 3.63) is 21.9 Å². The first-order valence-corrected chi connectivity index (χ1v) is 12.2. The molecular formula is C18H27N3O3S2. The van der Waals surface area contributed by atoms with Gasteiger partial charge in [0.25, 0.3) is 0 Å². The van der Waals surface area contributed by atoms with Gasteiger partial charge in [-0.25, -0.2) is 8.42 Å². The summed E-state index contributed by atoms with van der Waals surface area (Å²) in [5, 5.41) is 5.64. The summed E-state index contributed by atoms with van der Waals surface area (Å²) in [4.78, 5) is 18.3. The third-order valence-corrected chi connectivity index (χ3v) is 8.60. The molecule has 8 heteroatoms. The van der Waals surface area contributed by atoms with Crippen LogP contribution in [-0.4, -0.2) is 73.9 Å². The minimum absolute atomic E-state index is 0.117. The Kier molecular flexibility index (Phi) is 5.36. The van der Waals surface area contributed by atoms with Gasteiger partial charge in [0.1, 0.15) is 0 Å². The highest BCUT2D eigenvalue weighted by molar-refractivity contribution is 7.91. The Hall–Kier alpha value is -0.960. The Bertz CT molecular complexity index is 753. The molecule has 0 saturated carbocycles. The molecule has 144 valence electrons. The highest BCUT2D eigenvalue weighted by Crippen LogP contribution is 2.24. The maximum atomic E-state index is 12.6. The van der Waals surface area contributed by atoms with Gasteiger partial charge in [0.15, 0.2) is 9.84 Å². The molecule has 26 heavy (non-hydrogen) atoms. The predicted octanol–water partition coefficient (Wildman–Crippen LogP) is 0.874. The zero-order valence-corrected chi connectivity index (χ0v) is 16.7. The van der Waals surface area contributed by atoms with E-state index >= 15 is 0 Å². The lowest BCUT2D eigenvalue weighted by Crippen LogP contribution is -2.49. The molecule has 0 radical (unpaired) electrons. The van der Waals surface area contributed by atoms with Crippen LogP contribution in [-0.2, 0) is 27.6 Å². The van der Waals surface area contributed by atoms with Crippen molar-refractivity contribution < 1.29 is 13.2 Å². The van der Waals surface area contributed by atoms with E-state index in [0.717, 1.165) is 51.9 Å². The fourth-order valence-electron chi connectivity index (χ4n) is 4.27. The molecule has 4 heterocycles. The summed E-state index contributed by atoms with van der Waals surface area (Å²) in [7, 11) is -2.82. The minimum Gasteiger partial charge on any atom is -0.337 e. The molecule has 1 unspecified atom stereocenters. The third-order valence-electron chi connectivity index (χ3n) is 5.81. The van der Waals surface area contributed by atoms with Crippen LogP contribution in [0, 0.1) is 0 Å². The number of carbonyl (C=O) groups excluding carboxylic acids is 1. The van der Waals surface area contributed by atoms with Crippen LogP contribution in [0.3, 0.4) is 0 Å². The first-order valence-electron chi connectivity index (χ1n) is 9.50. The summed E-state index contributed by atoms with van der Waals surface area (Å²) in [5.41, 5.74) is 1.31. The van der Waals surface area contributed by atoms with Crippen LogP contribution >= 0.6 is 11.3 Å². The van der Waals surface area contributed by atoms with Crippen LogP contribution < -0.4 is 5.32 Å². The quantitative estimate of drug-likeness (QED) is 0.817. The van der Waals surface area contributed by atoms with E-state index in [9.17, 15) is 13.2 Å². The normalized spacial score (nSPS) is 26.8. The van der Waals surface area contributed by atoms with Gasteiger partial charge in [-0.1, -0.05) is 0 Å². The molecule has 1 atom stereocenters. The van der Waals surface area contributed by atoms with Crippen LogP contribution in [0.5, 0.6) is 0 Å². The van der Waals surface area contributed by atoms with E-state index in [0.29, 0.717) is 18.3 Å². The fraction of sp³-hybridized carbons (Fsp3) is 0.722. The van der Waals surface area contributed by atoms with E-state index in [2.05, 4.69) is 21.7 Å². The highest BCUT2D eigenvalue weighted by atomic mass is 32.2. The SMILES string of the molecule is O=C(CN1CCC(NC2CCS(=O)(=O)C2)CC1)N1CCc2sccc2C1. The molecule has 1 aromatic heterocycles. The number of nitrogens with zero attached hydrogens (tertiary/aromatic N) is 2. The molecule has 1 amide bonds. The summed E-state index contributed by atoms with van der Waals surface area (Å²) >= 11 is 1.79. The van der Waals surface area contributed by atoms with Crippen LogP contribution in [0.25, 0.3) is 0 Å². The van der Waals surface area contributed by atoms with Gasteiger partial charge in [-0.15, -0.1) is 11.3 Å². The Morgan fingerprint density at radius 1 is 1.19 bits per heavy atom. The van der Waals surface area contributed by atoms with Crippen molar-refractivity contribution in [2.45, 2.75) is 44.3 Å². The van der Waals surface area contributed by atoms with Gasteiger partial charge in [-0.2, -0.15) is 0 Å². The third kappa shape index (κ3) is 4.30. The lowest BCUT2D eigenvalue weighted by Gasteiger charge is -2.35. The van der Waals surface area contributed by atoms with Gasteiger partial charge in [-0.05, 0) is 42.7 Å². The Labute approximate surface area is 159 Å². The topological polar surface area (TPSA) is 69.7 Å². The average Bonchev–Trinajstić information content (AvgIpc) is 3.21. The van der Waals surface area contributed by atoms with Crippen LogP contribution in [0.2, 0.25) is 0 Å². The summed E-state index contributed by atoms with van der Waals surface area (Å²) in [6, 6.07) is 2.63. The number of hydrogen-bond acceptors (Lipinski definition) is 6. The molecule has 3 aliphatic heterocycles. The van der Waals surface area contributed by atoms with Gasteiger partial charge in [0, 0.05) is 43.1 Å². The van der Waals surface area contributed by atoms with E-state index in [1.807, 2.05) is 4.90 Å². The highest BCUT2D eigenvalue weighted by Gasteiger charge is 2.31. The molecule has 3 aliphatic rings. The second kappa shape index (κ2) is 7.58. The van der Waals surface area contributed by atoms with Crippen molar-refractivity contribution in [2.24, 2.45) is 0 Å². The molecule has 6 nitrogen and oxygen atoms in total. The number of piperidine rings is 1. The van der Waals surface area contributed by atoms with E-state index in [1.54, 1.807) is 11.3 Å². The fourth-order valence-corrected chi connectivity index (χ4v) is 6.85. The summed E-state index contributed by atoms with van der Waals surface area (Å²) < 4.78 is 23.2. The zero-order chi connectivity index (χ0) is 18.1. The smallest absolute Gasteiger partial charge is 0.237 e. The molecule has 0 bridgehead atoms. The lowest BCUT2D eigenvalue weighted by atomic mass is 10.0. The Morgan fingerprint density at radius 2 is 2.00 bits per heavy atom. The van der Waals surface area contributed by atoms with E-state index in [1.165, 1.54) is 10.4 Å². The van der Waals surface area contributed by atoms with Crippen molar-refractivity contribution in [2.75, 3.05) is 37.7 Å². The maximum Gasteiger partial charge on any atom is 0.237 e. The minimum atomic E-state index is -2.82. The van der Waals surface area contributed by atoms with Gasteiger partial charge < -0.3 is 10.2 Å². The zero-order valence-electron chi connectivity index (χ0n) is 15.0. The number of likely N-dealkylation sites (tertiary alicyclic amines) is 1. The number of rotatable bonds is 4. The average molecular weight is 398 g/mol. The molecule has 2 saturated heterocycles. The van der Waals surface area contributed by atoms with E-state index < -0.39 is 9.84 Å². The van der Waals surface area contributed by atoms with E-state index in [4.69, 9.17) is 0 Å². The largest absolute Gasteiger partial charge is 0.337 e. The first kappa shape index (κ1) is 18.4. The standard InChI is InChI=1S/C18H27N3O3S2/c22-18(21-8-3-17-14(11-21)4-9-25-17)12-20-6-1-15(2-7-20)19-16-5-10-26(23,24)13-16/h4,9,15-16,19H,1-3,5-8,10-13H2. The molecule has 1 N–H and O–H groups in total. The Morgan fingerprint density at radius 3 is 2.73 bits per heavy atom. The number of nitrogens with one attached hydrogen (secondary N) is 1. The van der Waals surface area contributed by atoms with Crippen LogP contribution in [0.4, 0.5) is 0 Å². The maximum absolute atomic E-state index is 12.6. The van der Waals surface area contributed by atoms with Crippen molar-refractivity contribution in [3.63, 3.8) is 0 Å². The first-order chi connectivity index (χ1) is 12.5. The molecule has 0 aromatic carbocycles. The monoisotopic (exact) mass is 397 g/mol. The second-order valence-electron chi connectivity index (χ2n) is 7.75. The van der Waals surface area contributed by atoms with E-state index in [-0.39, 0.29) is 17.7 Å². The number of hydrogen-bond donors (Lipinski definition) is 1. The number of carbonyl (C=O) groups is 1. The molecule has 0 spiro atoms. The van der Waals surface area contributed by atoms with Crippen LogP contribution in [0.15, 0.2) is 11.4 Å². The van der Waals surface area contributed by atoms with Crippen molar-refractivity contribution in [1.82, 2.24) is 15.1 Å². The Balaban J connectivity index is 1.21. The number of thiophene rings is 1. The van der Waals surface area contributed by atoms with Gasteiger partial charge in [0.05, 0.1) is 18.1 Å². The van der Waals surface area contributed by atoms with Crippen molar-refractivity contribution in [1.29, 1.82) is 0 Å². The molecule has 4 rings (SSSR count). The van der Waals surface area contributed by atoms with Gasteiger partial charge in [-0.3, -0.25) is 9.69 Å². The molecular weight excluding hydrogens is 370 g/mol. The van der Waals surface area contributed by atoms with Gasteiger partial charge >= 0.3 is 0 Å². The number of sulfone groups is 1. The number of fused-ring (bicyclic) bond motifs is 1. The predicted molar refractivity (Wildman–Crippen MR) is 103 cm³/mol. The molecule has 0 aliphatic carbocycles. The van der Waals surface area contributed by atoms with Crippen LogP contribution in [0.1, 0.15) is 29.7 Å². The van der Waals surface area contributed by atoms with Crippen molar-refractivity contribution >= 4 is 27.1 Å². The lowest BCUT2D eigenvalue weighted by molar-refractivity contribution is -0.133. The summed E-state index contributed by atoms with van der Waals surface area (Å²) in [6.45, 7) is 3.90. The van der Waals surface area contributed by atoms with Gasteiger partial charge in [0.2, 0.25) is 5.91 Å². The summed E-state index contributed by atoms with van der Waals surface area (Å²) in [6.07, 6.45) is 3.69. The molecule has 2 fully saturated rings. The van der Waals surface area contributed by atoms with Crippen molar-refractivity contribution in [3.8, 4) is 0 Å². The second-order valence-corrected chi connectivity index (χ2v) is 11.0. The summed E-state index contributed by atoms with van der Waals surface area (Å²) in [5.74, 6) is 0.834. The number of amides is 1.